The quantitative estimate of drug-likeness (QED) is 0.557. The zero-order valence-electron chi connectivity index (χ0n) is 14.1. The fourth-order valence-electron chi connectivity index (χ4n) is 2.78. The lowest BCUT2D eigenvalue weighted by Crippen LogP contribution is -2.22. The molecule has 2 heterocycles. The van der Waals surface area contributed by atoms with E-state index < -0.39 is 0 Å². The van der Waals surface area contributed by atoms with Crippen LogP contribution < -0.4 is 11.0 Å². The Balaban J connectivity index is 1.70. The summed E-state index contributed by atoms with van der Waals surface area (Å²) in [4.78, 5) is 17.2. The van der Waals surface area contributed by atoms with Crippen molar-refractivity contribution in [3.05, 3.63) is 86.9 Å². The number of aromatic nitrogens is 4. The normalized spacial score (nSPS) is 11.0. The van der Waals surface area contributed by atoms with Gasteiger partial charge in [0.2, 0.25) is 0 Å². The van der Waals surface area contributed by atoms with Crippen LogP contribution in [0, 0.1) is 6.92 Å². The van der Waals surface area contributed by atoms with Crippen molar-refractivity contribution in [3.8, 4) is 0 Å². The van der Waals surface area contributed by atoms with Gasteiger partial charge in [0.1, 0.15) is 5.82 Å². The van der Waals surface area contributed by atoms with Gasteiger partial charge in [-0.1, -0.05) is 46.3 Å². The molecule has 26 heavy (non-hydrogen) atoms. The fraction of sp³-hybridized carbons (Fsp3) is 0.105. The molecule has 0 fully saturated rings. The lowest BCUT2D eigenvalue weighted by Gasteiger charge is -2.06. The summed E-state index contributed by atoms with van der Waals surface area (Å²) >= 11 is 3.41. The van der Waals surface area contributed by atoms with Crippen molar-refractivity contribution < 1.29 is 0 Å². The third-order valence-corrected chi connectivity index (χ3v) is 4.56. The molecule has 4 aromatic rings. The van der Waals surface area contributed by atoms with Crippen molar-refractivity contribution >= 4 is 33.2 Å². The molecule has 1 N–H and O–H groups in total. The highest BCUT2D eigenvalue weighted by Crippen LogP contribution is 2.16. The van der Waals surface area contributed by atoms with Crippen LogP contribution in [0.1, 0.15) is 11.3 Å². The van der Waals surface area contributed by atoms with E-state index in [0.717, 1.165) is 21.4 Å². The van der Waals surface area contributed by atoms with Crippen LogP contribution in [0.15, 0.2) is 69.9 Å². The zero-order chi connectivity index (χ0) is 18.1. The molecule has 130 valence electrons. The molecule has 0 radical (unpaired) electrons. The number of hydrogen-bond donors (Lipinski definition) is 1. The Hall–Kier alpha value is -2.93. The molecule has 0 amide bonds. The molecule has 0 bridgehead atoms. The molecule has 0 aliphatic rings. The van der Waals surface area contributed by atoms with Crippen LogP contribution in [0.25, 0.3) is 5.78 Å². The highest BCUT2D eigenvalue weighted by Gasteiger charge is 2.12. The average molecular weight is 410 g/mol. The van der Waals surface area contributed by atoms with Crippen LogP contribution in [0.3, 0.4) is 0 Å². The van der Waals surface area contributed by atoms with Crippen molar-refractivity contribution in [1.82, 2.24) is 19.2 Å². The lowest BCUT2D eigenvalue weighted by atomic mass is 10.2. The fourth-order valence-corrected chi connectivity index (χ4v) is 3.04. The number of nitrogens with zero attached hydrogens (tertiary/aromatic N) is 4. The number of hydrogen-bond acceptors (Lipinski definition) is 4. The third kappa shape index (κ3) is 3.25. The summed E-state index contributed by atoms with van der Waals surface area (Å²) < 4.78 is 3.96. The number of anilines is 2. The van der Waals surface area contributed by atoms with Crippen molar-refractivity contribution in [2.45, 2.75) is 13.5 Å². The number of fused-ring (bicyclic) bond motifs is 1. The van der Waals surface area contributed by atoms with E-state index >= 15 is 0 Å². The second-order valence-electron chi connectivity index (χ2n) is 5.98. The van der Waals surface area contributed by atoms with E-state index in [-0.39, 0.29) is 5.69 Å². The van der Waals surface area contributed by atoms with Crippen LogP contribution in [-0.4, -0.2) is 19.2 Å². The van der Waals surface area contributed by atoms with Gasteiger partial charge in [-0.3, -0.25) is 0 Å². The Labute approximate surface area is 158 Å². The second kappa shape index (κ2) is 6.76. The van der Waals surface area contributed by atoms with E-state index in [1.165, 1.54) is 9.08 Å². The predicted octanol–water partition coefficient (Wildman–Crippen LogP) is 3.75. The maximum Gasteiger partial charge on any atom is 0.352 e. The summed E-state index contributed by atoms with van der Waals surface area (Å²) in [5, 5.41) is 7.64. The van der Waals surface area contributed by atoms with Crippen LogP contribution in [0.2, 0.25) is 0 Å². The van der Waals surface area contributed by atoms with E-state index in [0.29, 0.717) is 18.1 Å². The molecule has 0 spiro atoms. The molecule has 0 atom stereocenters. The van der Waals surface area contributed by atoms with E-state index in [2.05, 4.69) is 31.3 Å². The Morgan fingerprint density at radius 3 is 2.54 bits per heavy atom. The first-order valence-corrected chi connectivity index (χ1v) is 8.93. The number of aryl methyl sites for hydroxylation is 1. The zero-order valence-corrected chi connectivity index (χ0v) is 15.6. The molecule has 0 saturated carbocycles. The van der Waals surface area contributed by atoms with Gasteiger partial charge in [-0.25, -0.2) is 13.9 Å². The molecule has 0 unspecified atom stereocenters. The largest absolute Gasteiger partial charge is 0.352 e. The minimum atomic E-state index is -0.195. The van der Waals surface area contributed by atoms with Crippen LogP contribution in [0.5, 0.6) is 0 Å². The van der Waals surface area contributed by atoms with Gasteiger partial charge in [0, 0.05) is 21.9 Å². The standard InChI is InChI=1S/C19H16BrN5O/c1-13-11-17(21-16-5-3-2-4-6-16)22-18-23-24(19(26)25(13)18)12-14-7-9-15(20)10-8-14/h2-11H,12H2,1H3,(H,21,22,23). The maximum atomic E-state index is 12.7. The third-order valence-electron chi connectivity index (χ3n) is 4.03. The number of rotatable bonds is 4. The highest BCUT2D eigenvalue weighted by molar-refractivity contribution is 9.10. The van der Waals surface area contributed by atoms with Gasteiger partial charge in [0.05, 0.1) is 6.54 Å². The van der Waals surface area contributed by atoms with Gasteiger partial charge in [-0.15, -0.1) is 5.10 Å². The maximum absolute atomic E-state index is 12.7. The van der Waals surface area contributed by atoms with Gasteiger partial charge in [-0.2, -0.15) is 4.98 Å². The Kier molecular flexibility index (Phi) is 4.30. The Morgan fingerprint density at radius 1 is 1.08 bits per heavy atom. The SMILES string of the molecule is Cc1cc(Nc2ccccc2)nc2nn(Cc3ccc(Br)cc3)c(=O)n12. The van der Waals surface area contributed by atoms with E-state index in [1.807, 2.05) is 67.6 Å². The van der Waals surface area contributed by atoms with Crippen LogP contribution >= 0.6 is 15.9 Å². The summed E-state index contributed by atoms with van der Waals surface area (Å²) in [7, 11) is 0. The minimum Gasteiger partial charge on any atom is -0.340 e. The molecule has 0 saturated heterocycles. The minimum absolute atomic E-state index is 0.195. The predicted molar refractivity (Wildman–Crippen MR) is 105 cm³/mol. The molecule has 0 aliphatic heterocycles. The molecule has 4 rings (SSSR count). The van der Waals surface area contributed by atoms with E-state index in [9.17, 15) is 4.79 Å². The molecule has 0 aliphatic carbocycles. The van der Waals surface area contributed by atoms with Gasteiger partial charge < -0.3 is 5.32 Å². The van der Waals surface area contributed by atoms with Gasteiger partial charge in [0.15, 0.2) is 0 Å². The number of halogens is 1. The van der Waals surface area contributed by atoms with Crippen molar-refractivity contribution in [2.24, 2.45) is 0 Å². The van der Waals surface area contributed by atoms with Crippen LogP contribution in [-0.2, 0) is 6.54 Å². The smallest absolute Gasteiger partial charge is 0.340 e. The van der Waals surface area contributed by atoms with Crippen molar-refractivity contribution in [1.29, 1.82) is 0 Å². The highest BCUT2D eigenvalue weighted by atomic mass is 79.9. The topological polar surface area (TPSA) is 64.2 Å². The molecule has 2 aromatic carbocycles. The monoisotopic (exact) mass is 409 g/mol. The van der Waals surface area contributed by atoms with Gasteiger partial charge in [0.25, 0.3) is 5.78 Å². The van der Waals surface area contributed by atoms with Gasteiger partial charge >= 0.3 is 5.69 Å². The Morgan fingerprint density at radius 2 is 1.81 bits per heavy atom. The van der Waals surface area contributed by atoms with Crippen LogP contribution in [0.4, 0.5) is 11.5 Å². The van der Waals surface area contributed by atoms with E-state index in [4.69, 9.17) is 0 Å². The van der Waals surface area contributed by atoms with Crippen molar-refractivity contribution in [2.75, 3.05) is 5.32 Å². The molecule has 2 aromatic heterocycles. The summed E-state index contributed by atoms with van der Waals surface area (Å²) in [6, 6.07) is 19.4. The first-order chi connectivity index (χ1) is 12.6. The Bertz CT molecular complexity index is 1120. The van der Waals surface area contributed by atoms with Gasteiger partial charge in [-0.05, 0) is 36.8 Å². The summed E-state index contributed by atoms with van der Waals surface area (Å²) in [5.41, 5.74) is 2.51. The molecular formula is C19H16BrN5O. The second-order valence-corrected chi connectivity index (χ2v) is 6.89. The average Bonchev–Trinajstić information content (AvgIpc) is 2.94. The molecule has 7 heteroatoms. The first kappa shape index (κ1) is 16.5. The van der Waals surface area contributed by atoms with E-state index in [1.54, 1.807) is 0 Å². The summed E-state index contributed by atoms with van der Waals surface area (Å²) in [6.45, 7) is 2.27. The molecule has 6 nitrogen and oxygen atoms in total. The van der Waals surface area contributed by atoms with Crippen molar-refractivity contribution in [3.63, 3.8) is 0 Å². The molecular weight excluding hydrogens is 394 g/mol. The first-order valence-electron chi connectivity index (χ1n) is 8.14. The number of nitrogens with one attached hydrogen (secondary N) is 1. The summed E-state index contributed by atoms with van der Waals surface area (Å²) in [6.07, 6.45) is 0. The number of para-hydroxylation sites is 1. The summed E-state index contributed by atoms with van der Waals surface area (Å²) in [5.74, 6) is 1.03. The lowest BCUT2D eigenvalue weighted by molar-refractivity contribution is 0.657. The number of benzene rings is 2.